The number of hydrogen-bond acceptors (Lipinski definition) is 8. The van der Waals surface area contributed by atoms with E-state index in [1.54, 1.807) is 6.08 Å². The highest BCUT2D eigenvalue weighted by Crippen LogP contribution is 2.22. The molecule has 300 valence electrons. The number of aliphatic hydroxyl groups excluding tert-OH is 5. The van der Waals surface area contributed by atoms with Crippen molar-refractivity contribution < 1.29 is 39.8 Å². The molecular weight excluding hydrogens is 646 g/mol. The largest absolute Gasteiger partial charge is 0.394 e. The van der Waals surface area contributed by atoms with Crippen molar-refractivity contribution in [2.24, 2.45) is 0 Å². The lowest BCUT2D eigenvalue weighted by Crippen LogP contribution is -2.60. The van der Waals surface area contributed by atoms with Gasteiger partial charge in [0.05, 0.1) is 25.4 Å². The van der Waals surface area contributed by atoms with Crippen molar-refractivity contribution in [3.63, 3.8) is 0 Å². The summed E-state index contributed by atoms with van der Waals surface area (Å²) >= 11 is 0. The van der Waals surface area contributed by atoms with Crippen LogP contribution in [-0.4, -0.2) is 87.5 Å². The summed E-state index contributed by atoms with van der Waals surface area (Å²) in [5, 5.41) is 54.0. The zero-order chi connectivity index (χ0) is 37.4. The second-order valence-corrected chi connectivity index (χ2v) is 14.8. The standard InChI is InChI=1S/C42H79NO8/c1-3-5-7-9-11-13-15-17-18-20-22-24-26-28-30-32-38(46)43-35(34-50-42-41(49)40(48)39(47)37(33-44)51-42)36(45)31-29-27-25-23-21-19-16-14-12-10-8-6-4-2/h20,22,29,31,35-37,39-42,44-45,47-49H,3-19,21,23-28,30,32-34H2,1-2H3,(H,43,46)/b22-20+,31-29+/t35-,36+,37?,39?,40-,41?,42?/m0/s1. The minimum absolute atomic E-state index is 0.192. The second kappa shape index (κ2) is 33.3. The molecule has 1 heterocycles. The van der Waals surface area contributed by atoms with E-state index in [1.807, 2.05) is 6.08 Å². The summed E-state index contributed by atoms with van der Waals surface area (Å²) in [6, 6.07) is -0.808. The van der Waals surface area contributed by atoms with E-state index in [2.05, 4.69) is 31.3 Å². The van der Waals surface area contributed by atoms with Crippen LogP contribution in [0.15, 0.2) is 24.3 Å². The highest BCUT2D eigenvalue weighted by Gasteiger charge is 2.44. The van der Waals surface area contributed by atoms with Crippen LogP contribution in [0, 0.1) is 0 Å². The Kier molecular flexibility index (Phi) is 31.1. The molecule has 7 atom stereocenters. The Morgan fingerprint density at radius 2 is 1.10 bits per heavy atom. The number of rotatable bonds is 34. The van der Waals surface area contributed by atoms with Gasteiger partial charge < -0.3 is 40.3 Å². The lowest BCUT2D eigenvalue weighted by atomic mass is 9.99. The number of aliphatic hydroxyl groups is 5. The molecule has 0 radical (unpaired) electrons. The first kappa shape index (κ1) is 47.7. The summed E-state index contributed by atoms with van der Waals surface area (Å²) in [5.41, 5.74) is 0. The van der Waals surface area contributed by atoms with Crippen molar-refractivity contribution >= 4 is 5.91 Å². The van der Waals surface area contributed by atoms with Crippen molar-refractivity contribution in [3.8, 4) is 0 Å². The van der Waals surface area contributed by atoms with Crippen LogP contribution in [-0.2, 0) is 14.3 Å². The summed E-state index contributed by atoms with van der Waals surface area (Å²) in [4.78, 5) is 12.9. The third kappa shape index (κ3) is 24.6. The molecule has 6 N–H and O–H groups in total. The molecule has 51 heavy (non-hydrogen) atoms. The molecule has 1 rings (SSSR count). The summed E-state index contributed by atoms with van der Waals surface area (Å²) < 4.78 is 11.2. The number of unbranched alkanes of at least 4 members (excludes halogenated alkanes) is 22. The number of carbonyl (C=O) groups excluding carboxylic acids is 1. The van der Waals surface area contributed by atoms with Crippen LogP contribution in [0.3, 0.4) is 0 Å². The SMILES string of the molecule is CCCCCCCCCC/C=C/CCCCCC(=O)N[C@@H](COC1OC(CO)C(O)[C@H](O)C1O)[C@H](O)/C=C/CCCCCCCCCCCCC. The molecule has 0 bridgehead atoms. The molecule has 9 heteroatoms. The smallest absolute Gasteiger partial charge is 0.220 e. The van der Waals surface area contributed by atoms with E-state index < -0.39 is 49.5 Å². The Hall–Kier alpha value is -1.33. The van der Waals surface area contributed by atoms with Gasteiger partial charge in [-0.15, -0.1) is 0 Å². The molecule has 0 saturated carbocycles. The fourth-order valence-corrected chi connectivity index (χ4v) is 6.56. The van der Waals surface area contributed by atoms with Gasteiger partial charge in [0.15, 0.2) is 6.29 Å². The molecule has 1 fully saturated rings. The maximum atomic E-state index is 12.9. The zero-order valence-corrected chi connectivity index (χ0v) is 32.6. The van der Waals surface area contributed by atoms with Crippen molar-refractivity contribution in [2.75, 3.05) is 13.2 Å². The second-order valence-electron chi connectivity index (χ2n) is 14.8. The Morgan fingerprint density at radius 1 is 0.647 bits per heavy atom. The lowest BCUT2D eigenvalue weighted by molar-refractivity contribution is -0.302. The molecule has 4 unspecified atom stereocenters. The minimum Gasteiger partial charge on any atom is -0.394 e. The fourth-order valence-electron chi connectivity index (χ4n) is 6.56. The average molecular weight is 726 g/mol. The number of amides is 1. The van der Waals surface area contributed by atoms with Crippen molar-refractivity contribution in [1.82, 2.24) is 5.32 Å². The van der Waals surface area contributed by atoms with Gasteiger partial charge in [-0.05, 0) is 44.9 Å². The molecule has 0 aromatic carbocycles. The van der Waals surface area contributed by atoms with Crippen LogP contribution in [0.25, 0.3) is 0 Å². The molecule has 1 aliphatic heterocycles. The summed E-state index contributed by atoms with van der Waals surface area (Å²) in [6.07, 6.45) is 30.7. The van der Waals surface area contributed by atoms with Crippen LogP contribution >= 0.6 is 0 Å². The van der Waals surface area contributed by atoms with Gasteiger partial charge in [-0.3, -0.25) is 4.79 Å². The normalized spacial score (nSPS) is 22.2. The van der Waals surface area contributed by atoms with Gasteiger partial charge in [0, 0.05) is 6.42 Å². The first-order chi connectivity index (χ1) is 24.8. The molecular formula is C42H79NO8. The summed E-state index contributed by atoms with van der Waals surface area (Å²) in [5.74, 6) is -0.194. The lowest BCUT2D eigenvalue weighted by Gasteiger charge is -2.40. The van der Waals surface area contributed by atoms with Crippen molar-refractivity contribution in [2.45, 2.75) is 224 Å². The van der Waals surface area contributed by atoms with Crippen molar-refractivity contribution in [3.05, 3.63) is 24.3 Å². The van der Waals surface area contributed by atoms with Gasteiger partial charge in [-0.25, -0.2) is 0 Å². The van der Waals surface area contributed by atoms with Crippen LogP contribution in [0.5, 0.6) is 0 Å². The van der Waals surface area contributed by atoms with E-state index in [-0.39, 0.29) is 12.5 Å². The highest BCUT2D eigenvalue weighted by molar-refractivity contribution is 5.76. The number of ether oxygens (including phenoxy) is 2. The van der Waals surface area contributed by atoms with Gasteiger partial charge >= 0.3 is 0 Å². The van der Waals surface area contributed by atoms with Gasteiger partial charge in [0.2, 0.25) is 5.91 Å². The quantitative estimate of drug-likeness (QED) is 0.0289. The molecule has 1 amide bonds. The number of hydrogen-bond donors (Lipinski definition) is 6. The van der Waals surface area contributed by atoms with E-state index in [1.165, 1.54) is 109 Å². The Balaban J connectivity index is 2.43. The predicted molar refractivity (Wildman–Crippen MR) is 207 cm³/mol. The van der Waals surface area contributed by atoms with Gasteiger partial charge in [0.25, 0.3) is 0 Å². The van der Waals surface area contributed by atoms with Crippen LogP contribution in [0.1, 0.15) is 181 Å². The topological polar surface area (TPSA) is 149 Å². The van der Waals surface area contributed by atoms with E-state index in [0.29, 0.717) is 6.42 Å². The fraction of sp³-hybridized carbons (Fsp3) is 0.881. The maximum absolute atomic E-state index is 12.9. The van der Waals surface area contributed by atoms with Crippen LogP contribution in [0.2, 0.25) is 0 Å². The summed E-state index contributed by atoms with van der Waals surface area (Å²) in [7, 11) is 0. The number of nitrogens with one attached hydrogen (secondary N) is 1. The van der Waals surface area contributed by atoms with Gasteiger partial charge in [-0.1, -0.05) is 154 Å². The summed E-state index contributed by atoms with van der Waals surface area (Å²) in [6.45, 7) is 3.74. The van der Waals surface area contributed by atoms with Gasteiger partial charge in [0.1, 0.15) is 24.4 Å². The van der Waals surface area contributed by atoms with E-state index in [0.717, 1.165) is 51.4 Å². The van der Waals surface area contributed by atoms with Crippen LogP contribution < -0.4 is 5.32 Å². The van der Waals surface area contributed by atoms with E-state index in [4.69, 9.17) is 9.47 Å². The molecule has 0 aromatic rings. The molecule has 0 spiro atoms. The first-order valence-electron chi connectivity index (χ1n) is 21.1. The first-order valence-corrected chi connectivity index (χ1v) is 21.1. The minimum atomic E-state index is -1.57. The molecule has 0 aromatic heterocycles. The van der Waals surface area contributed by atoms with Crippen LogP contribution in [0.4, 0.5) is 0 Å². The highest BCUT2D eigenvalue weighted by atomic mass is 16.7. The Bertz CT molecular complexity index is 853. The molecule has 9 nitrogen and oxygen atoms in total. The van der Waals surface area contributed by atoms with E-state index >= 15 is 0 Å². The maximum Gasteiger partial charge on any atom is 0.220 e. The zero-order valence-electron chi connectivity index (χ0n) is 32.6. The van der Waals surface area contributed by atoms with Gasteiger partial charge in [-0.2, -0.15) is 0 Å². The predicted octanol–water partition coefficient (Wildman–Crippen LogP) is 7.94. The third-order valence-electron chi connectivity index (χ3n) is 10.0. The van der Waals surface area contributed by atoms with E-state index in [9.17, 15) is 30.3 Å². The Morgan fingerprint density at radius 3 is 1.59 bits per heavy atom. The number of allylic oxidation sites excluding steroid dienone is 3. The number of carbonyl (C=O) groups is 1. The molecule has 1 aliphatic rings. The molecule has 0 aliphatic carbocycles. The average Bonchev–Trinajstić information content (AvgIpc) is 3.13. The Labute approximate surface area is 311 Å². The third-order valence-corrected chi connectivity index (χ3v) is 10.0. The van der Waals surface area contributed by atoms with Crippen molar-refractivity contribution in [1.29, 1.82) is 0 Å². The molecule has 1 saturated heterocycles. The monoisotopic (exact) mass is 726 g/mol.